The van der Waals surface area contributed by atoms with Crippen LogP contribution in [0.1, 0.15) is 39.3 Å². The zero-order valence-corrected chi connectivity index (χ0v) is 16.2. The molecule has 0 bridgehead atoms. The summed E-state index contributed by atoms with van der Waals surface area (Å²) >= 11 is 0. The van der Waals surface area contributed by atoms with Gasteiger partial charge in [0.2, 0.25) is 0 Å². The molecular formula is C21H26N4O2. The van der Waals surface area contributed by atoms with Crippen LogP contribution in [-0.4, -0.2) is 27.9 Å². The number of hydrogen-bond donors (Lipinski definition) is 0. The van der Waals surface area contributed by atoms with E-state index in [1.807, 2.05) is 30.3 Å². The summed E-state index contributed by atoms with van der Waals surface area (Å²) in [5.74, 6) is 0.436. The van der Waals surface area contributed by atoms with E-state index in [-0.39, 0.29) is 11.0 Å². The van der Waals surface area contributed by atoms with Gasteiger partial charge in [0.1, 0.15) is 5.52 Å². The van der Waals surface area contributed by atoms with Crippen molar-refractivity contribution in [3.8, 4) is 0 Å². The quantitative estimate of drug-likeness (QED) is 0.709. The first-order valence-corrected chi connectivity index (χ1v) is 9.59. The first kappa shape index (κ1) is 17.8. The molecular weight excluding hydrogens is 340 g/mol. The summed E-state index contributed by atoms with van der Waals surface area (Å²) < 4.78 is 7.52. The third-order valence-corrected chi connectivity index (χ3v) is 5.23. The summed E-state index contributed by atoms with van der Waals surface area (Å²) in [6.45, 7) is 8.77. The lowest BCUT2D eigenvalue weighted by atomic mass is 9.92. The van der Waals surface area contributed by atoms with Crippen LogP contribution in [0, 0.1) is 5.92 Å². The number of nitrogens with zero attached hydrogens (tertiary/aromatic N) is 4. The number of rotatable bonds is 3. The van der Waals surface area contributed by atoms with E-state index in [0.717, 1.165) is 42.7 Å². The molecule has 1 aromatic carbocycles. The molecule has 0 radical (unpaired) electrons. The normalized spacial score (nSPS) is 16.2. The van der Waals surface area contributed by atoms with E-state index in [2.05, 4.69) is 35.8 Å². The van der Waals surface area contributed by atoms with Crippen molar-refractivity contribution in [3.63, 3.8) is 0 Å². The van der Waals surface area contributed by atoms with Gasteiger partial charge in [-0.25, -0.2) is 4.68 Å². The Morgan fingerprint density at radius 2 is 1.85 bits per heavy atom. The summed E-state index contributed by atoms with van der Waals surface area (Å²) in [5, 5.41) is 4.60. The second kappa shape index (κ2) is 6.83. The van der Waals surface area contributed by atoms with Crippen molar-refractivity contribution < 1.29 is 4.42 Å². The van der Waals surface area contributed by atoms with Gasteiger partial charge in [-0.15, -0.1) is 0 Å². The minimum atomic E-state index is -0.0637. The summed E-state index contributed by atoms with van der Waals surface area (Å²) in [7, 11) is 0. The number of aromatic nitrogens is 3. The van der Waals surface area contributed by atoms with E-state index < -0.39 is 0 Å². The van der Waals surface area contributed by atoms with E-state index in [4.69, 9.17) is 4.42 Å². The average molecular weight is 366 g/mol. The van der Waals surface area contributed by atoms with Crippen LogP contribution in [0.4, 0.5) is 6.01 Å². The topological polar surface area (TPSA) is 64.2 Å². The molecule has 1 aliphatic rings. The summed E-state index contributed by atoms with van der Waals surface area (Å²) in [6.07, 6.45) is 1.99. The van der Waals surface area contributed by atoms with E-state index in [9.17, 15) is 4.79 Å². The molecule has 142 valence electrons. The highest BCUT2D eigenvalue weighted by molar-refractivity contribution is 5.74. The molecule has 0 atom stereocenters. The van der Waals surface area contributed by atoms with Crippen LogP contribution in [0.2, 0.25) is 0 Å². The van der Waals surface area contributed by atoms with Crippen LogP contribution in [0.3, 0.4) is 0 Å². The predicted molar refractivity (Wildman–Crippen MR) is 106 cm³/mol. The highest BCUT2D eigenvalue weighted by atomic mass is 16.4. The number of hydrogen-bond acceptors (Lipinski definition) is 5. The van der Waals surface area contributed by atoms with Gasteiger partial charge in [0.15, 0.2) is 5.58 Å². The molecule has 3 heterocycles. The number of fused-ring (bicyclic) bond motifs is 1. The lowest BCUT2D eigenvalue weighted by Gasteiger charge is -2.31. The minimum Gasteiger partial charge on any atom is -0.423 e. The van der Waals surface area contributed by atoms with Crippen molar-refractivity contribution in [3.05, 3.63) is 52.4 Å². The largest absolute Gasteiger partial charge is 0.423 e. The predicted octanol–water partition coefficient (Wildman–Crippen LogP) is 3.60. The maximum atomic E-state index is 12.2. The van der Waals surface area contributed by atoms with Crippen molar-refractivity contribution in [2.45, 2.75) is 45.6 Å². The van der Waals surface area contributed by atoms with Gasteiger partial charge < -0.3 is 9.32 Å². The molecule has 4 rings (SSSR count). The number of piperidine rings is 1. The smallest absolute Gasteiger partial charge is 0.298 e. The Balaban J connectivity index is 1.43. The van der Waals surface area contributed by atoms with Gasteiger partial charge in [0.25, 0.3) is 11.6 Å². The van der Waals surface area contributed by atoms with E-state index >= 15 is 0 Å². The first-order chi connectivity index (χ1) is 12.9. The van der Waals surface area contributed by atoms with E-state index in [0.29, 0.717) is 18.5 Å². The van der Waals surface area contributed by atoms with Gasteiger partial charge in [-0.05, 0) is 37.0 Å². The minimum absolute atomic E-state index is 0.0237. The molecule has 3 aromatic rings. The van der Waals surface area contributed by atoms with E-state index in [1.54, 1.807) is 10.7 Å². The van der Waals surface area contributed by atoms with Gasteiger partial charge in [-0.1, -0.05) is 32.9 Å². The molecule has 6 heteroatoms. The van der Waals surface area contributed by atoms with Crippen molar-refractivity contribution in [2.24, 2.45) is 5.92 Å². The third kappa shape index (κ3) is 3.75. The molecule has 0 amide bonds. The summed E-state index contributed by atoms with van der Waals surface area (Å²) in [6, 6.07) is 12.0. The van der Waals surface area contributed by atoms with Crippen molar-refractivity contribution in [1.29, 1.82) is 0 Å². The number of para-hydroxylation sites is 2. The lowest BCUT2D eigenvalue weighted by molar-refractivity contribution is 0.324. The van der Waals surface area contributed by atoms with Gasteiger partial charge >= 0.3 is 0 Å². The van der Waals surface area contributed by atoms with Crippen LogP contribution < -0.4 is 10.5 Å². The zero-order valence-electron chi connectivity index (χ0n) is 16.2. The molecule has 6 nitrogen and oxygen atoms in total. The molecule has 0 aliphatic carbocycles. The fourth-order valence-corrected chi connectivity index (χ4v) is 3.53. The Hall–Kier alpha value is -2.63. The second-order valence-corrected chi connectivity index (χ2v) is 8.38. The number of oxazole rings is 1. The molecule has 2 aromatic heterocycles. The SMILES string of the molecule is CC(C)(C)c1ccc(=O)n(CC2CCN(c3nc4ccccc4o3)CC2)n1. The second-order valence-electron chi connectivity index (χ2n) is 8.38. The molecule has 1 fully saturated rings. The monoisotopic (exact) mass is 366 g/mol. The van der Waals surface area contributed by atoms with Crippen molar-refractivity contribution in [2.75, 3.05) is 18.0 Å². The Kier molecular flexibility index (Phi) is 4.50. The number of anilines is 1. The molecule has 0 saturated carbocycles. The van der Waals surface area contributed by atoms with Crippen LogP contribution in [0.15, 0.2) is 45.6 Å². The van der Waals surface area contributed by atoms with Gasteiger partial charge in [0, 0.05) is 31.1 Å². The first-order valence-electron chi connectivity index (χ1n) is 9.59. The average Bonchev–Trinajstić information content (AvgIpc) is 3.07. The van der Waals surface area contributed by atoms with E-state index in [1.165, 1.54) is 0 Å². The van der Waals surface area contributed by atoms with Gasteiger partial charge in [-0.2, -0.15) is 10.1 Å². The summed E-state index contributed by atoms with van der Waals surface area (Å²) in [5.41, 5.74) is 2.58. The Bertz CT molecular complexity index is 958. The molecule has 27 heavy (non-hydrogen) atoms. The van der Waals surface area contributed by atoms with Crippen molar-refractivity contribution >= 4 is 17.1 Å². The van der Waals surface area contributed by atoms with Crippen LogP contribution in [0.25, 0.3) is 11.1 Å². The third-order valence-electron chi connectivity index (χ3n) is 5.23. The van der Waals surface area contributed by atoms with Crippen LogP contribution in [0.5, 0.6) is 0 Å². The maximum Gasteiger partial charge on any atom is 0.298 e. The fraction of sp³-hybridized carbons (Fsp3) is 0.476. The summed E-state index contributed by atoms with van der Waals surface area (Å²) in [4.78, 5) is 19.0. The molecule has 1 saturated heterocycles. The Labute approximate surface area is 158 Å². The van der Waals surface area contributed by atoms with Gasteiger partial charge in [-0.3, -0.25) is 4.79 Å². The highest BCUT2D eigenvalue weighted by Crippen LogP contribution is 2.27. The number of benzene rings is 1. The molecule has 0 unspecified atom stereocenters. The Morgan fingerprint density at radius 1 is 1.11 bits per heavy atom. The van der Waals surface area contributed by atoms with Gasteiger partial charge in [0.05, 0.1) is 5.69 Å². The fourth-order valence-electron chi connectivity index (χ4n) is 3.53. The Morgan fingerprint density at radius 3 is 2.56 bits per heavy atom. The molecule has 0 spiro atoms. The maximum absolute atomic E-state index is 12.2. The van der Waals surface area contributed by atoms with Crippen LogP contribution in [-0.2, 0) is 12.0 Å². The zero-order chi connectivity index (χ0) is 19.0. The lowest BCUT2D eigenvalue weighted by Crippen LogP contribution is -2.37. The standard InChI is InChI=1S/C21H26N4O2/c1-21(2,3)18-8-9-19(26)25(23-18)14-15-10-12-24(13-11-15)20-22-16-6-4-5-7-17(16)27-20/h4-9,15H,10-14H2,1-3H3. The van der Waals surface area contributed by atoms with Crippen molar-refractivity contribution in [1.82, 2.24) is 14.8 Å². The highest BCUT2D eigenvalue weighted by Gasteiger charge is 2.24. The molecule has 1 aliphatic heterocycles. The molecule has 0 N–H and O–H groups in total. The van der Waals surface area contributed by atoms with Crippen LogP contribution >= 0.6 is 0 Å².